The predicted molar refractivity (Wildman–Crippen MR) is 72.3 cm³/mol. The van der Waals surface area contributed by atoms with Gasteiger partial charge in [0.2, 0.25) is 0 Å². The molecule has 0 spiro atoms. The zero-order valence-electron chi connectivity index (χ0n) is 8.96. The van der Waals surface area contributed by atoms with Crippen molar-refractivity contribution < 1.29 is 4.74 Å². The maximum Gasteiger partial charge on any atom is 0.0469 e. The number of halogens is 2. The fourth-order valence-electron chi connectivity index (χ4n) is 2.07. The van der Waals surface area contributed by atoms with Crippen LogP contribution in [0.25, 0.3) is 0 Å². The Bertz CT molecular complexity index is 364. The van der Waals surface area contributed by atoms with Crippen LogP contribution >= 0.6 is 31.9 Å². The summed E-state index contributed by atoms with van der Waals surface area (Å²) in [5.41, 5.74) is 7.49. The van der Waals surface area contributed by atoms with Crippen LogP contribution in [0.3, 0.4) is 0 Å². The molecule has 1 heterocycles. The lowest BCUT2D eigenvalue weighted by Gasteiger charge is -2.28. The van der Waals surface area contributed by atoms with Crippen LogP contribution in [0.2, 0.25) is 0 Å². The molecule has 1 aromatic carbocycles. The average molecular weight is 349 g/mol. The highest BCUT2D eigenvalue weighted by Gasteiger charge is 2.22. The Kier molecular flexibility index (Phi) is 4.41. The minimum absolute atomic E-state index is 0.119. The number of hydrogen-bond acceptors (Lipinski definition) is 2. The van der Waals surface area contributed by atoms with E-state index in [1.807, 2.05) is 6.07 Å². The third-order valence-corrected chi connectivity index (χ3v) is 4.98. The zero-order chi connectivity index (χ0) is 11.5. The van der Waals surface area contributed by atoms with Crippen molar-refractivity contribution >= 4 is 31.9 Å². The molecule has 1 aliphatic rings. The number of rotatable bonds is 2. The number of hydrogen-bond donors (Lipinski definition) is 1. The van der Waals surface area contributed by atoms with Gasteiger partial charge in [0, 0.05) is 28.2 Å². The van der Waals surface area contributed by atoms with Gasteiger partial charge in [0.15, 0.2) is 0 Å². The van der Waals surface area contributed by atoms with Crippen LogP contribution in [-0.2, 0) is 4.74 Å². The number of nitrogens with two attached hydrogens (primary N) is 1. The molecule has 2 nitrogen and oxygen atoms in total. The lowest BCUT2D eigenvalue weighted by Crippen LogP contribution is -2.27. The van der Waals surface area contributed by atoms with Crippen LogP contribution in [-0.4, -0.2) is 13.2 Å². The minimum atomic E-state index is 0.119. The fourth-order valence-corrected chi connectivity index (χ4v) is 2.71. The van der Waals surface area contributed by atoms with Crippen molar-refractivity contribution in [3.8, 4) is 0 Å². The normalized spacial score (nSPS) is 19.7. The van der Waals surface area contributed by atoms with Gasteiger partial charge < -0.3 is 10.5 Å². The molecule has 1 aromatic rings. The largest absolute Gasteiger partial charge is 0.381 e. The summed E-state index contributed by atoms with van der Waals surface area (Å²) in [7, 11) is 0. The summed E-state index contributed by atoms with van der Waals surface area (Å²) in [6.45, 7) is 1.69. The summed E-state index contributed by atoms with van der Waals surface area (Å²) in [5, 5.41) is 0. The van der Waals surface area contributed by atoms with Gasteiger partial charge in [0.25, 0.3) is 0 Å². The molecule has 16 heavy (non-hydrogen) atoms. The molecule has 0 unspecified atom stereocenters. The summed E-state index contributed by atoms with van der Waals surface area (Å²) in [6.07, 6.45) is 2.13. The molecule has 0 amide bonds. The van der Waals surface area contributed by atoms with E-state index in [1.54, 1.807) is 0 Å². The van der Waals surface area contributed by atoms with Gasteiger partial charge in [0.1, 0.15) is 0 Å². The van der Waals surface area contributed by atoms with Crippen LogP contribution in [0.15, 0.2) is 27.1 Å². The Balaban J connectivity index is 2.12. The van der Waals surface area contributed by atoms with Gasteiger partial charge in [-0.15, -0.1) is 0 Å². The molecule has 0 aromatic heterocycles. The van der Waals surface area contributed by atoms with E-state index in [2.05, 4.69) is 44.0 Å². The molecular weight excluding hydrogens is 334 g/mol. The van der Waals surface area contributed by atoms with Gasteiger partial charge >= 0.3 is 0 Å². The standard InChI is InChI=1S/C12H15Br2NO/c13-10-2-1-9(7-11(10)14)12(15)8-3-5-16-6-4-8/h1-2,7-8,12H,3-6,15H2/t12-/m0/s1. The quantitative estimate of drug-likeness (QED) is 0.885. The van der Waals surface area contributed by atoms with Crippen molar-refractivity contribution in [2.75, 3.05) is 13.2 Å². The Morgan fingerprint density at radius 1 is 1.19 bits per heavy atom. The highest BCUT2D eigenvalue weighted by atomic mass is 79.9. The molecule has 1 aliphatic heterocycles. The molecule has 4 heteroatoms. The zero-order valence-corrected chi connectivity index (χ0v) is 12.1. The third kappa shape index (κ3) is 2.86. The van der Waals surface area contributed by atoms with Gasteiger partial charge in [-0.25, -0.2) is 0 Å². The second-order valence-corrected chi connectivity index (χ2v) is 5.86. The van der Waals surface area contributed by atoms with Crippen molar-refractivity contribution in [2.24, 2.45) is 11.7 Å². The van der Waals surface area contributed by atoms with Crippen molar-refractivity contribution in [3.05, 3.63) is 32.7 Å². The Morgan fingerprint density at radius 2 is 1.88 bits per heavy atom. The van der Waals surface area contributed by atoms with Crippen molar-refractivity contribution in [1.82, 2.24) is 0 Å². The van der Waals surface area contributed by atoms with Gasteiger partial charge in [0.05, 0.1) is 0 Å². The van der Waals surface area contributed by atoms with E-state index in [4.69, 9.17) is 10.5 Å². The van der Waals surface area contributed by atoms with Crippen LogP contribution in [0.1, 0.15) is 24.4 Å². The maximum atomic E-state index is 6.30. The molecule has 0 saturated carbocycles. The summed E-state index contributed by atoms with van der Waals surface area (Å²) < 4.78 is 7.48. The topological polar surface area (TPSA) is 35.2 Å². The van der Waals surface area contributed by atoms with E-state index in [1.165, 1.54) is 5.56 Å². The second-order valence-electron chi connectivity index (χ2n) is 4.15. The lowest BCUT2D eigenvalue weighted by atomic mass is 9.88. The first-order chi connectivity index (χ1) is 7.68. The maximum absolute atomic E-state index is 6.30. The van der Waals surface area contributed by atoms with E-state index in [0.29, 0.717) is 5.92 Å². The first-order valence-electron chi connectivity index (χ1n) is 5.47. The SMILES string of the molecule is N[C@H](c1ccc(Br)c(Br)c1)C1CCOCC1. The van der Waals surface area contributed by atoms with Crippen LogP contribution in [0.5, 0.6) is 0 Å². The van der Waals surface area contributed by atoms with E-state index < -0.39 is 0 Å². The van der Waals surface area contributed by atoms with Gasteiger partial charge in [-0.3, -0.25) is 0 Å². The van der Waals surface area contributed by atoms with Crippen molar-refractivity contribution in [1.29, 1.82) is 0 Å². The molecule has 0 radical (unpaired) electrons. The molecule has 1 atom stereocenters. The fraction of sp³-hybridized carbons (Fsp3) is 0.500. The molecule has 1 saturated heterocycles. The van der Waals surface area contributed by atoms with Gasteiger partial charge in [-0.05, 0) is 68.3 Å². The Labute approximate surface area is 113 Å². The van der Waals surface area contributed by atoms with E-state index in [0.717, 1.165) is 35.0 Å². The number of ether oxygens (including phenoxy) is 1. The average Bonchev–Trinajstić information content (AvgIpc) is 2.33. The molecule has 0 aliphatic carbocycles. The molecule has 1 fully saturated rings. The second kappa shape index (κ2) is 5.63. The third-order valence-electron chi connectivity index (χ3n) is 3.10. The molecule has 2 N–H and O–H groups in total. The van der Waals surface area contributed by atoms with E-state index in [9.17, 15) is 0 Å². The highest BCUT2D eigenvalue weighted by molar-refractivity contribution is 9.13. The van der Waals surface area contributed by atoms with Gasteiger partial charge in [-0.1, -0.05) is 6.07 Å². The smallest absolute Gasteiger partial charge is 0.0469 e. The van der Waals surface area contributed by atoms with Crippen molar-refractivity contribution in [3.63, 3.8) is 0 Å². The highest BCUT2D eigenvalue weighted by Crippen LogP contribution is 2.31. The van der Waals surface area contributed by atoms with Crippen LogP contribution < -0.4 is 5.73 Å². The van der Waals surface area contributed by atoms with Crippen LogP contribution in [0, 0.1) is 5.92 Å². The first kappa shape index (κ1) is 12.6. The van der Waals surface area contributed by atoms with Crippen LogP contribution in [0.4, 0.5) is 0 Å². The summed E-state index contributed by atoms with van der Waals surface area (Å²) >= 11 is 6.98. The molecule has 2 rings (SSSR count). The lowest BCUT2D eigenvalue weighted by molar-refractivity contribution is 0.0584. The monoisotopic (exact) mass is 347 g/mol. The minimum Gasteiger partial charge on any atom is -0.381 e. The summed E-state index contributed by atoms with van der Waals surface area (Å²) in [6, 6.07) is 6.35. The predicted octanol–water partition coefficient (Wildman–Crippen LogP) is 3.64. The molecular formula is C12H15Br2NO. The Morgan fingerprint density at radius 3 is 2.50 bits per heavy atom. The van der Waals surface area contributed by atoms with E-state index >= 15 is 0 Å². The molecule has 88 valence electrons. The summed E-state index contributed by atoms with van der Waals surface area (Å²) in [4.78, 5) is 0. The Hall–Kier alpha value is 0.1000. The van der Waals surface area contributed by atoms with E-state index in [-0.39, 0.29) is 6.04 Å². The summed E-state index contributed by atoms with van der Waals surface area (Å²) in [5.74, 6) is 0.543. The van der Waals surface area contributed by atoms with Gasteiger partial charge in [-0.2, -0.15) is 0 Å². The van der Waals surface area contributed by atoms with Crippen molar-refractivity contribution in [2.45, 2.75) is 18.9 Å². The molecule has 0 bridgehead atoms. The number of benzene rings is 1. The first-order valence-corrected chi connectivity index (χ1v) is 7.05.